The molecule has 248 valence electrons. The first kappa shape index (κ1) is 34.0. The number of aromatic nitrogens is 4. The van der Waals surface area contributed by atoms with Crippen LogP contribution < -0.4 is 10.6 Å². The van der Waals surface area contributed by atoms with Gasteiger partial charge in [-0.05, 0) is 17.5 Å². The summed E-state index contributed by atoms with van der Waals surface area (Å²) in [6.45, 7) is -1.03. The van der Waals surface area contributed by atoms with Gasteiger partial charge in [0.05, 0.1) is 18.5 Å². The standard InChI is InChI=1S/C23H27N6O14P3/c1-28(2)15-8-4-5-12-13(15)6-3-7-14(12)23(31)41-19-16(9-39-45(35,36)43-46(37,38)42-44(32,33)34)40-22(18(19)30)29-11-27-17-20(24)25-10-26-21(17)29/h3-8,10-11,16,18-19,22,30H,9H2,1-2H3,(H,35,36)(H,37,38)(H2,24,25,26)(H2,32,33,34)/t16-,18-,19-,22-/m1/s1. The zero-order chi connectivity index (χ0) is 33.6. The lowest BCUT2D eigenvalue weighted by Crippen LogP contribution is -2.38. The second-order valence-corrected chi connectivity index (χ2v) is 14.4. The number of carbonyl (C=O) groups is 1. The van der Waals surface area contributed by atoms with Crippen molar-refractivity contribution in [2.75, 3.05) is 31.3 Å². The molecule has 0 saturated carbocycles. The van der Waals surface area contributed by atoms with E-state index in [-0.39, 0.29) is 22.5 Å². The molecule has 1 fully saturated rings. The molecule has 46 heavy (non-hydrogen) atoms. The van der Waals surface area contributed by atoms with Crippen LogP contribution in [-0.4, -0.2) is 89.2 Å². The first-order valence-corrected chi connectivity index (χ1v) is 17.4. The Labute approximate surface area is 258 Å². The number of phosphoric ester groups is 1. The summed E-state index contributed by atoms with van der Waals surface area (Å²) >= 11 is 0. The zero-order valence-corrected chi connectivity index (χ0v) is 26.4. The van der Waals surface area contributed by atoms with Gasteiger partial charge in [0.15, 0.2) is 23.8 Å². The number of aliphatic hydroxyl groups excluding tert-OH is 1. The highest BCUT2D eigenvalue weighted by atomic mass is 31.3. The Morgan fingerprint density at radius 1 is 1.00 bits per heavy atom. The van der Waals surface area contributed by atoms with Crippen LogP contribution in [0.4, 0.5) is 11.5 Å². The molecule has 7 N–H and O–H groups in total. The number of ether oxygens (including phenoxy) is 2. The number of rotatable bonds is 11. The van der Waals surface area contributed by atoms with Crippen LogP contribution in [0, 0.1) is 0 Å². The van der Waals surface area contributed by atoms with Crippen LogP contribution >= 0.6 is 23.5 Å². The number of esters is 1. The lowest BCUT2D eigenvalue weighted by atomic mass is 10.0. The highest BCUT2D eigenvalue weighted by Gasteiger charge is 2.50. The molecule has 0 amide bonds. The lowest BCUT2D eigenvalue weighted by molar-refractivity contribution is -0.0520. The van der Waals surface area contributed by atoms with Gasteiger partial charge in [0.1, 0.15) is 24.1 Å². The van der Waals surface area contributed by atoms with Gasteiger partial charge in [0.25, 0.3) is 0 Å². The van der Waals surface area contributed by atoms with Gasteiger partial charge in [-0.25, -0.2) is 33.4 Å². The topological polar surface area (TPSA) is 288 Å². The number of nitrogens with zero attached hydrogens (tertiary/aromatic N) is 5. The fraction of sp³-hybridized carbons (Fsp3) is 0.304. The number of hydrogen-bond acceptors (Lipinski definition) is 15. The van der Waals surface area contributed by atoms with Crippen LogP contribution in [0.3, 0.4) is 0 Å². The molecule has 0 spiro atoms. The molecule has 4 aromatic rings. The summed E-state index contributed by atoms with van der Waals surface area (Å²) in [6, 6.07) is 10.2. The monoisotopic (exact) mass is 704 g/mol. The SMILES string of the molecule is CN(C)c1cccc2c(C(=O)O[C@H]3[C@@H](O)[C@H](n4cnc5c(N)ncnc54)O[C@@H]3COP(=O)(O)OP(=O)(O)OP(=O)(O)O)cccc12. The van der Waals surface area contributed by atoms with Crippen LogP contribution in [0.1, 0.15) is 16.6 Å². The van der Waals surface area contributed by atoms with Crippen molar-refractivity contribution in [2.24, 2.45) is 0 Å². The highest BCUT2D eigenvalue weighted by molar-refractivity contribution is 7.66. The summed E-state index contributed by atoms with van der Waals surface area (Å²) < 4.78 is 60.1. The molecule has 6 atom stereocenters. The van der Waals surface area contributed by atoms with E-state index in [9.17, 15) is 33.4 Å². The average Bonchev–Trinajstić information content (AvgIpc) is 3.50. The summed E-state index contributed by atoms with van der Waals surface area (Å²) in [5, 5.41) is 12.6. The third-order valence-electron chi connectivity index (χ3n) is 6.63. The first-order chi connectivity index (χ1) is 21.5. The van der Waals surface area contributed by atoms with Crippen molar-refractivity contribution in [3.63, 3.8) is 0 Å². The zero-order valence-electron chi connectivity index (χ0n) is 23.7. The number of aliphatic hydroxyl groups is 1. The van der Waals surface area contributed by atoms with Crippen LogP contribution in [0.5, 0.6) is 0 Å². The van der Waals surface area contributed by atoms with Gasteiger partial charge in [0, 0.05) is 25.2 Å². The Hall–Kier alpha value is -3.35. The molecule has 5 rings (SSSR count). The van der Waals surface area contributed by atoms with Gasteiger partial charge >= 0.3 is 29.4 Å². The summed E-state index contributed by atoms with van der Waals surface area (Å²) in [6.07, 6.45) is -3.93. The fourth-order valence-corrected chi connectivity index (χ4v) is 7.83. The molecule has 1 aliphatic heterocycles. The van der Waals surface area contributed by atoms with Crippen molar-refractivity contribution >= 4 is 62.9 Å². The molecular weight excluding hydrogens is 677 g/mol. The van der Waals surface area contributed by atoms with Crippen molar-refractivity contribution in [3.05, 3.63) is 54.6 Å². The molecule has 23 heteroatoms. The third-order valence-corrected chi connectivity index (χ3v) is 10.4. The Kier molecular flexibility index (Phi) is 9.38. The predicted molar refractivity (Wildman–Crippen MR) is 157 cm³/mol. The molecule has 1 aliphatic rings. The molecule has 2 aromatic heterocycles. The molecule has 2 unspecified atom stereocenters. The number of carbonyl (C=O) groups excluding carboxylic acids is 1. The predicted octanol–water partition coefficient (Wildman–Crippen LogP) is 1.45. The minimum absolute atomic E-state index is 0.0106. The summed E-state index contributed by atoms with van der Waals surface area (Å²) in [5.41, 5.74) is 7.02. The summed E-state index contributed by atoms with van der Waals surface area (Å²) in [7, 11) is -13.4. The van der Waals surface area contributed by atoms with Crippen molar-refractivity contribution < 1.29 is 65.8 Å². The second-order valence-electron chi connectivity index (χ2n) is 9.97. The maximum Gasteiger partial charge on any atom is 0.490 e. The maximum absolute atomic E-state index is 13.6. The Balaban J connectivity index is 1.45. The Morgan fingerprint density at radius 2 is 1.70 bits per heavy atom. The highest BCUT2D eigenvalue weighted by Crippen LogP contribution is 2.66. The fourth-order valence-electron chi connectivity index (χ4n) is 4.80. The van der Waals surface area contributed by atoms with E-state index in [1.807, 2.05) is 25.1 Å². The van der Waals surface area contributed by atoms with E-state index in [1.54, 1.807) is 24.3 Å². The molecule has 1 saturated heterocycles. The van der Waals surface area contributed by atoms with E-state index >= 15 is 0 Å². The number of imidazole rings is 1. The molecule has 3 heterocycles. The van der Waals surface area contributed by atoms with Crippen LogP contribution in [-0.2, 0) is 36.3 Å². The maximum atomic E-state index is 13.6. The third kappa shape index (κ3) is 7.29. The van der Waals surface area contributed by atoms with Gasteiger partial charge in [0.2, 0.25) is 0 Å². The number of nitrogen functional groups attached to an aromatic ring is 1. The van der Waals surface area contributed by atoms with Crippen LogP contribution in [0.15, 0.2) is 49.1 Å². The lowest BCUT2D eigenvalue weighted by Gasteiger charge is -2.22. The number of benzene rings is 2. The normalized spacial score (nSPS) is 22.8. The Morgan fingerprint density at radius 3 is 2.39 bits per heavy atom. The molecule has 0 radical (unpaired) electrons. The molecule has 0 aliphatic carbocycles. The van der Waals surface area contributed by atoms with Crippen molar-refractivity contribution in [3.8, 4) is 0 Å². The van der Waals surface area contributed by atoms with Gasteiger partial charge in [-0.3, -0.25) is 9.09 Å². The number of anilines is 2. The van der Waals surface area contributed by atoms with Crippen molar-refractivity contribution in [1.29, 1.82) is 0 Å². The van der Waals surface area contributed by atoms with E-state index < -0.39 is 60.6 Å². The van der Waals surface area contributed by atoms with Crippen LogP contribution in [0.2, 0.25) is 0 Å². The largest absolute Gasteiger partial charge is 0.490 e. The van der Waals surface area contributed by atoms with E-state index in [0.717, 1.165) is 17.4 Å². The summed E-state index contributed by atoms with van der Waals surface area (Å²) in [4.78, 5) is 64.4. The van der Waals surface area contributed by atoms with E-state index in [4.69, 9.17) is 29.5 Å². The average molecular weight is 704 g/mol. The van der Waals surface area contributed by atoms with E-state index in [2.05, 4.69) is 23.6 Å². The van der Waals surface area contributed by atoms with Gasteiger partial charge in [-0.15, -0.1) is 0 Å². The number of nitrogens with two attached hydrogens (primary N) is 1. The Bertz CT molecular complexity index is 1940. The molecule has 2 aromatic carbocycles. The molecule has 20 nitrogen and oxygen atoms in total. The minimum Gasteiger partial charge on any atom is -0.453 e. The molecule has 0 bridgehead atoms. The first-order valence-electron chi connectivity index (χ1n) is 12.9. The van der Waals surface area contributed by atoms with E-state index in [1.165, 1.54) is 17.0 Å². The smallest absolute Gasteiger partial charge is 0.453 e. The quantitative estimate of drug-likeness (QED) is 0.0951. The minimum atomic E-state index is -5.82. The molecular formula is C23H27N6O14P3. The van der Waals surface area contributed by atoms with Gasteiger partial charge in [-0.1, -0.05) is 24.3 Å². The summed E-state index contributed by atoms with van der Waals surface area (Å²) in [5.74, 6) is -0.906. The van der Waals surface area contributed by atoms with Crippen molar-refractivity contribution in [1.82, 2.24) is 19.5 Å². The second kappa shape index (κ2) is 12.7. The number of fused-ring (bicyclic) bond motifs is 2. The van der Waals surface area contributed by atoms with Gasteiger partial charge in [-0.2, -0.15) is 8.62 Å². The number of phosphoric acid groups is 3. The van der Waals surface area contributed by atoms with Gasteiger partial charge < -0.3 is 44.8 Å². The number of hydrogen-bond donors (Lipinski definition) is 6. The van der Waals surface area contributed by atoms with Crippen LogP contribution in [0.25, 0.3) is 21.9 Å². The van der Waals surface area contributed by atoms with Crippen molar-refractivity contribution in [2.45, 2.75) is 24.5 Å². The van der Waals surface area contributed by atoms with E-state index in [0.29, 0.717) is 5.39 Å².